The van der Waals surface area contributed by atoms with E-state index in [1.54, 1.807) is 12.0 Å². The van der Waals surface area contributed by atoms with Crippen LogP contribution in [-0.2, 0) is 6.61 Å². The van der Waals surface area contributed by atoms with Gasteiger partial charge in [-0.05, 0) is 55.8 Å². The van der Waals surface area contributed by atoms with Crippen molar-refractivity contribution in [2.45, 2.75) is 26.6 Å². The second-order valence-electron chi connectivity index (χ2n) is 8.10. The standard InChI is InChI=1S/C27H25N3O4/c1-17-22(18(2)34-29-17)16-33-24-14-13-19(15-25(24)32-3)26-28-23-12-8-7-11-21(23)27(31)30(26)20-9-5-4-6-10-20/h4-15,26,28H,16H2,1-3H3/t26-/m1/s1. The van der Waals surface area contributed by atoms with E-state index in [-0.39, 0.29) is 5.91 Å². The third-order valence-corrected chi connectivity index (χ3v) is 6.02. The van der Waals surface area contributed by atoms with Crippen LogP contribution in [-0.4, -0.2) is 18.2 Å². The number of benzene rings is 3. The summed E-state index contributed by atoms with van der Waals surface area (Å²) in [4.78, 5) is 15.3. The van der Waals surface area contributed by atoms with Crippen molar-refractivity contribution in [1.29, 1.82) is 0 Å². The molecule has 0 radical (unpaired) electrons. The highest BCUT2D eigenvalue weighted by Gasteiger charge is 2.34. The minimum atomic E-state index is -0.421. The van der Waals surface area contributed by atoms with Crippen LogP contribution in [0.1, 0.15) is 39.1 Å². The van der Waals surface area contributed by atoms with Crippen LogP contribution in [0, 0.1) is 13.8 Å². The van der Waals surface area contributed by atoms with E-state index >= 15 is 0 Å². The summed E-state index contributed by atoms with van der Waals surface area (Å²) in [7, 11) is 1.60. The summed E-state index contributed by atoms with van der Waals surface area (Å²) >= 11 is 0. The van der Waals surface area contributed by atoms with Crippen molar-refractivity contribution in [3.05, 3.63) is 101 Å². The van der Waals surface area contributed by atoms with Gasteiger partial charge in [0, 0.05) is 11.4 Å². The normalized spacial score (nSPS) is 15.0. The minimum Gasteiger partial charge on any atom is -0.493 e. The van der Waals surface area contributed by atoms with Gasteiger partial charge >= 0.3 is 0 Å². The van der Waals surface area contributed by atoms with Crippen LogP contribution in [0.25, 0.3) is 0 Å². The molecule has 1 atom stereocenters. The molecule has 3 aromatic carbocycles. The van der Waals surface area contributed by atoms with E-state index in [9.17, 15) is 4.79 Å². The van der Waals surface area contributed by atoms with Crippen molar-refractivity contribution >= 4 is 17.3 Å². The third-order valence-electron chi connectivity index (χ3n) is 6.02. The number of rotatable bonds is 6. The Kier molecular flexibility index (Phi) is 5.67. The predicted octanol–water partition coefficient (Wildman–Crippen LogP) is 5.65. The molecule has 0 aliphatic carbocycles. The smallest absolute Gasteiger partial charge is 0.262 e. The molecule has 0 bridgehead atoms. The number of methoxy groups -OCH3 is 1. The van der Waals surface area contributed by atoms with Crippen LogP contribution in [0.2, 0.25) is 0 Å². The fraction of sp³-hybridized carbons (Fsp3) is 0.185. The fourth-order valence-electron chi connectivity index (χ4n) is 4.17. The highest BCUT2D eigenvalue weighted by atomic mass is 16.5. The van der Waals surface area contributed by atoms with Crippen LogP contribution >= 0.6 is 0 Å². The lowest BCUT2D eigenvalue weighted by Crippen LogP contribution is -2.43. The lowest BCUT2D eigenvalue weighted by atomic mass is 10.0. The van der Waals surface area contributed by atoms with Crippen molar-refractivity contribution in [3.8, 4) is 11.5 Å². The van der Waals surface area contributed by atoms with Gasteiger partial charge < -0.3 is 19.3 Å². The van der Waals surface area contributed by atoms with Crippen LogP contribution in [0.3, 0.4) is 0 Å². The lowest BCUT2D eigenvalue weighted by molar-refractivity contribution is 0.0975. The van der Waals surface area contributed by atoms with Gasteiger partial charge in [-0.3, -0.25) is 9.69 Å². The molecule has 0 unspecified atom stereocenters. The Labute approximate surface area is 197 Å². The van der Waals surface area contributed by atoms with Crippen molar-refractivity contribution in [2.75, 3.05) is 17.3 Å². The topological polar surface area (TPSA) is 76.8 Å². The Balaban J connectivity index is 1.50. The first-order valence-electron chi connectivity index (χ1n) is 11.0. The largest absolute Gasteiger partial charge is 0.493 e. The fourth-order valence-corrected chi connectivity index (χ4v) is 4.17. The number of fused-ring (bicyclic) bond motifs is 1. The van der Waals surface area contributed by atoms with Crippen molar-refractivity contribution < 1.29 is 18.8 Å². The number of anilines is 2. The molecule has 172 valence electrons. The van der Waals surface area contributed by atoms with Gasteiger partial charge in [0.25, 0.3) is 5.91 Å². The van der Waals surface area contributed by atoms with Crippen LogP contribution in [0.15, 0.2) is 77.3 Å². The number of amides is 1. The number of hydrogen-bond acceptors (Lipinski definition) is 6. The maximum atomic E-state index is 13.5. The summed E-state index contributed by atoms with van der Waals surface area (Å²) in [5, 5.41) is 7.50. The van der Waals surface area contributed by atoms with Crippen LogP contribution < -0.4 is 19.7 Å². The molecule has 1 N–H and O–H groups in total. The molecular weight excluding hydrogens is 430 g/mol. The molecule has 0 saturated carbocycles. The molecule has 0 spiro atoms. The summed E-state index contributed by atoms with van der Waals surface area (Å²) in [5.41, 5.74) is 4.81. The molecular formula is C27H25N3O4. The maximum Gasteiger partial charge on any atom is 0.262 e. The summed E-state index contributed by atoms with van der Waals surface area (Å²) in [6.07, 6.45) is -0.421. The number of aromatic nitrogens is 1. The molecule has 0 fully saturated rings. The Morgan fingerprint density at radius 3 is 2.50 bits per heavy atom. The van der Waals surface area contributed by atoms with E-state index < -0.39 is 6.17 Å². The van der Waals surface area contributed by atoms with Gasteiger partial charge in [0.2, 0.25) is 0 Å². The molecule has 1 aliphatic heterocycles. The second-order valence-corrected chi connectivity index (χ2v) is 8.10. The van der Waals surface area contributed by atoms with Gasteiger partial charge in [0.15, 0.2) is 11.5 Å². The van der Waals surface area contributed by atoms with E-state index in [0.29, 0.717) is 23.7 Å². The summed E-state index contributed by atoms with van der Waals surface area (Å²) in [6.45, 7) is 4.07. The molecule has 1 aromatic heterocycles. The van der Waals surface area contributed by atoms with Crippen molar-refractivity contribution in [1.82, 2.24) is 5.16 Å². The zero-order valence-corrected chi connectivity index (χ0v) is 19.2. The van der Waals surface area contributed by atoms with Gasteiger partial charge in [-0.25, -0.2) is 0 Å². The van der Waals surface area contributed by atoms with Crippen LogP contribution in [0.4, 0.5) is 11.4 Å². The Morgan fingerprint density at radius 1 is 1.00 bits per heavy atom. The van der Waals surface area contributed by atoms with Gasteiger partial charge in [-0.2, -0.15) is 0 Å². The maximum absolute atomic E-state index is 13.5. The average molecular weight is 456 g/mol. The zero-order valence-electron chi connectivity index (χ0n) is 19.2. The number of ether oxygens (including phenoxy) is 2. The van der Waals surface area contributed by atoms with E-state index in [1.165, 1.54) is 0 Å². The number of nitrogens with one attached hydrogen (secondary N) is 1. The zero-order chi connectivity index (χ0) is 23.7. The van der Waals surface area contributed by atoms with Gasteiger partial charge in [0.1, 0.15) is 18.5 Å². The molecule has 34 heavy (non-hydrogen) atoms. The molecule has 1 amide bonds. The van der Waals surface area contributed by atoms with Crippen molar-refractivity contribution in [2.24, 2.45) is 0 Å². The van der Waals surface area contributed by atoms with Crippen LogP contribution in [0.5, 0.6) is 11.5 Å². The van der Waals surface area contributed by atoms with E-state index in [0.717, 1.165) is 34.0 Å². The summed E-state index contributed by atoms with van der Waals surface area (Å²) in [5.74, 6) is 1.84. The number of nitrogens with zero attached hydrogens (tertiary/aromatic N) is 2. The number of carbonyl (C=O) groups excluding carboxylic acids is 1. The van der Waals surface area contributed by atoms with Gasteiger partial charge in [-0.15, -0.1) is 0 Å². The first-order chi connectivity index (χ1) is 16.6. The molecule has 0 saturated heterocycles. The number of aryl methyl sites for hydroxylation is 2. The summed E-state index contributed by atoms with van der Waals surface area (Å²) in [6, 6.07) is 22.9. The molecule has 4 aromatic rings. The minimum absolute atomic E-state index is 0.0664. The van der Waals surface area contributed by atoms with E-state index in [2.05, 4.69) is 10.5 Å². The van der Waals surface area contributed by atoms with Gasteiger partial charge in [0.05, 0.1) is 23.9 Å². The SMILES string of the molecule is COc1cc([C@@H]2Nc3ccccc3C(=O)N2c2ccccc2)ccc1OCc1c(C)noc1C. The summed E-state index contributed by atoms with van der Waals surface area (Å²) < 4.78 is 16.9. The number of para-hydroxylation sites is 2. The first-order valence-corrected chi connectivity index (χ1v) is 11.0. The lowest BCUT2D eigenvalue weighted by Gasteiger charge is -2.38. The molecule has 1 aliphatic rings. The second kappa shape index (κ2) is 8.94. The Bertz CT molecular complexity index is 1310. The number of hydrogen-bond donors (Lipinski definition) is 1. The van der Waals surface area contributed by atoms with E-state index in [1.807, 2.05) is 86.6 Å². The van der Waals surface area contributed by atoms with Gasteiger partial charge in [-0.1, -0.05) is 41.6 Å². The molecule has 7 nitrogen and oxygen atoms in total. The number of carbonyl (C=O) groups is 1. The van der Waals surface area contributed by atoms with Crippen molar-refractivity contribution in [3.63, 3.8) is 0 Å². The highest BCUT2D eigenvalue weighted by molar-refractivity contribution is 6.12. The Hall–Kier alpha value is -4.26. The quantitative estimate of drug-likeness (QED) is 0.405. The molecule has 5 rings (SSSR count). The highest BCUT2D eigenvalue weighted by Crippen LogP contribution is 2.39. The van der Waals surface area contributed by atoms with E-state index in [4.69, 9.17) is 14.0 Å². The molecule has 7 heteroatoms. The molecule has 2 heterocycles. The Morgan fingerprint density at radius 2 is 1.76 bits per heavy atom. The first kappa shape index (κ1) is 21.6. The third kappa shape index (κ3) is 3.85. The average Bonchev–Trinajstić information content (AvgIpc) is 3.20. The predicted molar refractivity (Wildman–Crippen MR) is 129 cm³/mol. The monoisotopic (exact) mass is 455 g/mol.